The van der Waals surface area contributed by atoms with Crippen molar-refractivity contribution in [3.63, 3.8) is 0 Å². The van der Waals surface area contributed by atoms with E-state index >= 15 is 0 Å². The molecule has 0 radical (unpaired) electrons. The number of benzene rings is 1. The first-order valence-electron chi connectivity index (χ1n) is 8.67. The molecule has 1 aromatic carbocycles. The molecule has 128 valence electrons. The van der Waals surface area contributed by atoms with Crippen LogP contribution >= 0.6 is 22.9 Å². The molecule has 0 bridgehead atoms. The summed E-state index contributed by atoms with van der Waals surface area (Å²) in [4.78, 5) is 20.4. The van der Waals surface area contributed by atoms with Gasteiger partial charge in [-0.2, -0.15) is 0 Å². The third kappa shape index (κ3) is 3.16. The zero-order valence-electron chi connectivity index (χ0n) is 13.8. The lowest BCUT2D eigenvalue weighted by Crippen LogP contribution is -2.42. The number of aromatic nitrogens is 1. The van der Waals surface area contributed by atoms with Gasteiger partial charge in [0.05, 0.1) is 5.02 Å². The van der Waals surface area contributed by atoms with Gasteiger partial charge in [0.2, 0.25) is 0 Å². The Hall–Kier alpha value is -1.91. The van der Waals surface area contributed by atoms with Crippen molar-refractivity contribution in [1.29, 1.82) is 0 Å². The van der Waals surface area contributed by atoms with E-state index in [1.165, 1.54) is 17.8 Å². The minimum absolute atomic E-state index is 0.0307. The molecule has 5 heteroatoms. The second kappa shape index (κ2) is 7.14. The lowest BCUT2D eigenvalue weighted by Gasteiger charge is -2.33. The fourth-order valence-corrected chi connectivity index (χ4v) is 5.00. The zero-order valence-corrected chi connectivity index (χ0v) is 15.4. The molecule has 3 aromatic rings. The van der Waals surface area contributed by atoms with E-state index in [0.29, 0.717) is 15.7 Å². The Morgan fingerprint density at radius 1 is 1.08 bits per heavy atom. The van der Waals surface area contributed by atoms with Crippen LogP contribution in [0.4, 0.5) is 5.82 Å². The molecular formula is C20H19ClN2OS. The molecule has 1 aliphatic carbocycles. The summed E-state index contributed by atoms with van der Waals surface area (Å²) in [5.74, 6) is 0.685. The second-order valence-corrected chi connectivity index (χ2v) is 7.83. The Bertz CT molecular complexity index is 887. The minimum Gasteiger partial charge on any atom is -0.289 e. The number of thiophene rings is 1. The van der Waals surface area contributed by atoms with Gasteiger partial charge < -0.3 is 0 Å². The normalized spacial score (nSPS) is 15.4. The molecular weight excluding hydrogens is 352 g/mol. The van der Waals surface area contributed by atoms with Gasteiger partial charge in [0.1, 0.15) is 10.7 Å². The summed E-state index contributed by atoms with van der Waals surface area (Å²) in [6.45, 7) is 0. The largest absolute Gasteiger partial charge is 0.289 e. The average Bonchev–Trinajstić information content (AvgIpc) is 3.01. The van der Waals surface area contributed by atoms with E-state index in [9.17, 15) is 4.79 Å². The molecule has 1 saturated carbocycles. The van der Waals surface area contributed by atoms with Crippen molar-refractivity contribution in [2.75, 3.05) is 4.90 Å². The minimum atomic E-state index is -0.0307. The van der Waals surface area contributed by atoms with Crippen molar-refractivity contribution < 1.29 is 4.79 Å². The number of hydrogen-bond acceptors (Lipinski definition) is 3. The van der Waals surface area contributed by atoms with E-state index in [4.69, 9.17) is 11.6 Å². The smallest absolute Gasteiger partial charge is 0.271 e. The number of rotatable bonds is 3. The molecule has 0 atom stereocenters. The van der Waals surface area contributed by atoms with Gasteiger partial charge in [-0.15, -0.1) is 11.3 Å². The number of carbonyl (C=O) groups is 1. The molecule has 0 N–H and O–H groups in total. The summed E-state index contributed by atoms with van der Waals surface area (Å²) in [7, 11) is 0. The van der Waals surface area contributed by atoms with Crippen LogP contribution in [-0.2, 0) is 0 Å². The van der Waals surface area contributed by atoms with Crippen LogP contribution in [0.5, 0.6) is 0 Å². The number of nitrogens with zero attached hydrogens (tertiary/aromatic N) is 2. The van der Waals surface area contributed by atoms with Gasteiger partial charge in [0.15, 0.2) is 0 Å². The van der Waals surface area contributed by atoms with Gasteiger partial charge >= 0.3 is 0 Å². The van der Waals surface area contributed by atoms with Crippen LogP contribution in [0, 0.1) is 0 Å². The number of pyridine rings is 1. The first-order chi connectivity index (χ1) is 12.3. The monoisotopic (exact) mass is 370 g/mol. The highest BCUT2D eigenvalue weighted by Gasteiger charge is 2.31. The first kappa shape index (κ1) is 16.6. The Morgan fingerprint density at radius 2 is 1.84 bits per heavy atom. The maximum Gasteiger partial charge on any atom is 0.271 e. The SMILES string of the molecule is O=C(c1sc2ccccc2c1Cl)N(c1ccccn1)C1CCCCC1. The van der Waals surface area contributed by atoms with Gasteiger partial charge in [0.25, 0.3) is 5.91 Å². The molecule has 1 fully saturated rings. The summed E-state index contributed by atoms with van der Waals surface area (Å²) in [5, 5.41) is 1.50. The van der Waals surface area contributed by atoms with Crippen molar-refractivity contribution in [1.82, 2.24) is 4.98 Å². The quantitative estimate of drug-likeness (QED) is 0.572. The van der Waals surface area contributed by atoms with Crippen LogP contribution in [0.3, 0.4) is 0 Å². The molecule has 0 saturated heterocycles. The number of amides is 1. The number of fused-ring (bicyclic) bond motifs is 1. The zero-order chi connectivity index (χ0) is 17.2. The highest BCUT2D eigenvalue weighted by atomic mass is 35.5. The number of anilines is 1. The van der Waals surface area contributed by atoms with Crippen molar-refractivity contribution in [2.24, 2.45) is 0 Å². The molecule has 2 aromatic heterocycles. The van der Waals surface area contributed by atoms with Crippen molar-refractivity contribution >= 4 is 44.7 Å². The van der Waals surface area contributed by atoms with Crippen molar-refractivity contribution in [2.45, 2.75) is 38.1 Å². The molecule has 3 nitrogen and oxygen atoms in total. The van der Waals surface area contributed by atoms with Crippen LogP contribution in [0.25, 0.3) is 10.1 Å². The van der Waals surface area contributed by atoms with E-state index in [1.54, 1.807) is 6.20 Å². The van der Waals surface area contributed by atoms with E-state index in [-0.39, 0.29) is 11.9 Å². The highest BCUT2D eigenvalue weighted by molar-refractivity contribution is 7.21. The van der Waals surface area contributed by atoms with Crippen molar-refractivity contribution in [3.8, 4) is 0 Å². The highest BCUT2D eigenvalue weighted by Crippen LogP contribution is 2.37. The van der Waals surface area contributed by atoms with Crippen LogP contribution in [-0.4, -0.2) is 16.9 Å². The molecule has 0 spiro atoms. The maximum absolute atomic E-state index is 13.4. The lowest BCUT2D eigenvalue weighted by atomic mass is 9.94. The molecule has 1 aliphatic rings. The average molecular weight is 371 g/mol. The summed E-state index contributed by atoms with van der Waals surface area (Å²) >= 11 is 8.03. The van der Waals surface area contributed by atoms with Crippen LogP contribution in [0.2, 0.25) is 5.02 Å². The van der Waals surface area contributed by atoms with Gasteiger partial charge in [-0.25, -0.2) is 4.98 Å². The fourth-order valence-electron chi connectivity index (χ4n) is 3.55. The molecule has 1 amide bonds. The van der Waals surface area contributed by atoms with Crippen molar-refractivity contribution in [3.05, 3.63) is 58.6 Å². The topological polar surface area (TPSA) is 33.2 Å². The summed E-state index contributed by atoms with van der Waals surface area (Å²) < 4.78 is 1.04. The molecule has 4 rings (SSSR count). The first-order valence-corrected chi connectivity index (χ1v) is 9.87. The van der Waals surface area contributed by atoms with E-state index in [0.717, 1.165) is 35.8 Å². The Balaban J connectivity index is 1.77. The predicted molar refractivity (Wildman–Crippen MR) is 105 cm³/mol. The Labute approximate surface area is 156 Å². The summed E-state index contributed by atoms with van der Waals surface area (Å²) in [6, 6.07) is 13.8. The molecule has 25 heavy (non-hydrogen) atoms. The molecule has 0 aliphatic heterocycles. The second-order valence-electron chi connectivity index (χ2n) is 6.40. The van der Waals surface area contributed by atoms with Gasteiger partial charge in [-0.1, -0.05) is 55.1 Å². The standard InChI is InChI=1S/C20H19ClN2OS/c21-18-15-10-4-5-11-16(15)25-19(18)20(24)23(14-8-2-1-3-9-14)17-12-6-7-13-22-17/h4-7,10-14H,1-3,8-9H2. The lowest BCUT2D eigenvalue weighted by molar-refractivity contribution is 0.0974. The summed E-state index contributed by atoms with van der Waals surface area (Å²) in [5.41, 5.74) is 0. The predicted octanol–water partition coefficient (Wildman–Crippen LogP) is 5.93. The Morgan fingerprint density at radius 3 is 2.56 bits per heavy atom. The van der Waals surface area contributed by atoms with Crippen LogP contribution in [0.1, 0.15) is 41.8 Å². The number of hydrogen-bond donors (Lipinski definition) is 0. The number of halogens is 1. The van der Waals surface area contributed by atoms with Crippen LogP contribution < -0.4 is 4.90 Å². The number of carbonyl (C=O) groups excluding carboxylic acids is 1. The molecule has 2 heterocycles. The van der Waals surface area contributed by atoms with Gasteiger partial charge in [-0.05, 0) is 31.0 Å². The van der Waals surface area contributed by atoms with Gasteiger partial charge in [-0.3, -0.25) is 9.69 Å². The maximum atomic E-state index is 13.4. The third-order valence-electron chi connectivity index (χ3n) is 4.78. The Kier molecular flexibility index (Phi) is 4.73. The fraction of sp³-hybridized carbons (Fsp3) is 0.300. The molecule has 0 unspecified atom stereocenters. The van der Waals surface area contributed by atoms with E-state index < -0.39 is 0 Å². The summed E-state index contributed by atoms with van der Waals surface area (Å²) in [6.07, 6.45) is 7.33. The van der Waals surface area contributed by atoms with E-state index in [2.05, 4.69) is 4.98 Å². The third-order valence-corrected chi connectivity index (χ3v) is 6.45. The van der Waals surface area contributed by atoms with Crippen LogP contribution in [0.15, 0.2) is 48.7 Å². The van der Waals surface area contributed by atoms with Gasteiger partial charge in [0, 0.05) is 22.3 Å². The van der Waals surface area contributed by atoms with E-state index in [1.807, 2.05) is 47.4 Å².